The molecule has 11 heteroatoms. The van der Waals surface area contributed by atoms with Crippen LogP contribution in [0.2, 0.25) is 0 Å². The minimum atomic E-state index is -4.55. The summed E-state index contributed by atoms with van der Waals surface area (Å²) in [6, 6.07) is 0.141. The van der Waals surface area contributed by atoms with Crippen LogP contribution in [0.4, 0.5) is 24.9 Å². The van der Waals surface area contributed by atoms with Crippen molar-refractivity contribution in [1.29, 1.82) is 0 Å². The summed E-state index contributed by atoms with van der Waals surface area (Å²) in [5.74, 6) is -0.0338. The molecule has 0 radical (unpaired) electrons. The van der Waals surface area contributed by atoms with Gasteiger partial charge in [0.05, 0.1) is 19.6 Å². The second-order valence-corrected chi connectivity index (χ2v) is 7.70. The molecular weight excluding hydrogens is 401 g/mol. The van der Waals surface area contributed by atoms with Crippen LogP contribution >= 0.6 is 0 Å². The number of carbonyl (C=O) groups excluding carboxylic acids is 1. The highest BCUT2D eigenvalue weighted by molar-refractivity contribution is 5.76. The molecule has 30 heavy (non-hydrogen) atoms. The molecule has 3 rings (SSSR count). The summed E-state index contributed by atoms with van der Waals surface area (Å²) in [6.45, 7) is 3.96. The first kappa shape index (κ1) is 22.5. The highest BCUT2D eigenvalue weighted by atomic mass is 19.4. The lowest BCUT2D eigenvalue weighted by atomic mass is 10.1. The summed E-state index contributed by atoms with van der Waals surface area (Å²) in [6.07, 6.45) is -1.11. The van der Waals surface area contributed by atoms with Crippen LogP contribution in [0.3, 0.4) is 0 Å². The molecule has 2 fully saturated rings. The number of alkyl halides is 3. The molecule has 2 N–H and O–H groups in total. The van der Waals surface area contributed by atoms with Crippen molar-refractivity contribution in [3.05, 3.63) is 11.8 Å². The lowest BCUT2D eigenvalue weighted by molar-refractivity contribution is -0.137. The first-order valence-electron chi connectivity index (χ1n) is 10.3. The molecule has 2 aliphatic heterocycles. The van der Waals surface area contributed by atoms with Gasteiger partial charge in [-0.1, -0.05) is 0 Å². The van der Waals surface area contributed by atoms with Crippen LogP contribution in [0.25, 0.3) is 0 Å². The molecule has 0 aromatic carbocycles. The van der Waals surface area contributed by atoms with Gasteiger partial charge >= 0.3 is 6.18 Å². The molecule has 3 heterocycles. The zero-order chi connectivity index (χ0) is 21.6. The van der Waals surface area contributed by atoms with Gasteiger partial charge in [0.2, 0.25) is 11.9 Å². The number of hydrogen-bond donors (Lipinski definition) is 2. The minimum Gasteiger partial charge on any atom is -0.379 e. The van der Waals surface area contributed by atoms with Crippen LogP contribution in [0.15, 0.2) is 6.20 Å². The predicted octanol–water partition coefficient (Wildman–Crippen LogP) is 2.05. The van der Waals surface area contributed by atoms with Crippen LogP contribution in [0, 0.1) is 0 Å². The van der Waals surface area contributed by atoms with E-state index in [1.807, 2.05) is 7.05 Å². The van der Waals surface area contributed by atoms with E-state index in [4.69, 9.17) is 4.74 Å². The van der Waals surface area contributed by atoms with Gasteiger partial charge in [0.1, 0.15) is 11.4 Å². The summed E-state index contributed by atoms with van der Waals surface area (Å²) in [5, 5.41) is 5.94. The van der Waals surface area contributed by atoms with E-state index >= 15 is 0 Å². The molecule has 0 aliphatic carbocycles. The van der Waals surface area contributed by atoms with E-state index in [1.165, 1.54) is 0 Å². The van der Waals surface area contributed by atoms with Gasteiger partial charge in [-0.15, -0.1) is 0 Å². The molecule has 168 valence electrons. The average Bonchev–Trinajstić information content (AvgIpc) is 2.90. The zero-order valence-corrected chi connectivity index (χ0v) is 17.2. The summed E-state index contributed by atoms with van der Waals surface area (Å²) >= 11 is 0. The minimum absolute atomic E-state index is 0.00938. The second-order valence-electron chi connectivity index (χ2n) is 7.70. The predicted molar refractivity (Wildman–Crippen MR) is 106 cm³/mol. The van der Waals surface area contributed by atoms with Gasteiger partial charge in [-0.2, -0.15) is 18.2 Å². The normalized spacial score (nSPS) is 19.6. The number of piperidine rings is 1. The number of nitrogens with one attached hydrogen (secondary N) is 2. The summed E-state index contributed by atoms with van der Waals surface area (Å²) in [4.78, 5) is 23.8. The van der Waals surface area contributed by atoms with Crippen molar-refractivity contribution in [2.45, 2.75) is 37.9 Å². The highest BCUT2D eigenvalue weighted by Crippen LogP contribution is 2.34. The maximum Gasteiger partial charge on any atom is 0.421 e. The standard InChI is InChI=1S/C19H29F3N6O2/c1-27-8-3-14(4-9-27)25-18-24-13-15(19(20,21)22)17(26-18)23-6-2-7-28-10-12-30-11-5-16(28)29/h13-14H,2-12H2,1H3,(H2,23,24,25,26). The van der Waals surface area contributed by atoms with Gasteiger partial charge in [-0.25, -0.2) is 4.98 Å². The average molecular weight is 430 g/mol. The van der Waals surface area contributed by atoms with Gasteiger partial charge in [-0.3, -0.25) is 4.79 Å². The molecule has 0 saturated carbocycles. The molecule has 2 aliphatic rings. The Morgan fingerprint density at radius 1 is 1.23 bits per heavy atom. The van der Waals surface area contributed by atoms with Crippen molar-refractivity contribution in [2.24, 2.45) is 0 Å². The maximum atomic E-state index is 13.4. The Kier molecular flexibility index (Phi) is 7.70. The number of halogens is 3. The summed E-state index contributed by atoms with van der Waals surface area (Å²) in [7, 11) is 2.04. The number of aromatic nitrogens is 2. The molecule has 1 aromatic heterocycles. The Balaban J connectivity index is 1.58. The van der Waals surface area contributed by atoms with E-state index < -0.39 is 11.7 Å². The number of anilines is 2. The van der Waals surface area contributed by atoms with E-state index in [0.29, 0.717) is 39.1 Å². The van der Waals surface area contributed by atoms with Gasteiger partial charge in [0, 0.05) is 31.9 Å². The fourth-order valence-electron chi connectivity index (χ4n) is 3.56. The van der Waals surface area contributed by atoms with E-state index in [0.717, 1.165) is 32.1 Å². The van der Waals surface area contributed by atoms with Gasteiger partial charge in [0.25, 0.3) is 0 Å². The van der Waals surface area contributed by atoms with Gasteiger partial charge in [0.15, 0.2) is 0 Å². The third-order valence-electron chi connectivity index (χ3n) is 5.36. The lowest BCUT2D eigenvalue weighted by Gasteiger charge is -2.29. The van der Waals surface area contributed by atoms with Gasteiger partial charge in [-0.05, 0) is 39.4 Å². The third-order valence-corrected chi connectivity index (χ3v) is 5.36. The molecule has 0 bridgehead atoms. The fraction of sp³-hybridized carbons (Fsp3) is 0.737. The van der Waals surface area contributed by atoms with E-state index in [-0.39, 0.29) is 30.3 Å². The van der Waals surface area contributed by atoms with Gasteiger partial charge < -0.3 is 25.2 Å². The zero-order valence-electron chi connectivity index (χ0n) is 17.2. The van der Waals surface area contributed by atoms with Crippen LogP contribution in [0.5, 0.6) is 0 Å². The maximum absolute atomic E-state index is 13.4. The highest BCUT2D eigenvalue weighted by Gasteiger charge is 2.35. The van der Waals surface area contributed by atoms with Crippen LogP contribution < -0.4 is 10.6 Å². The lowest BCUT2D eigenvalue weighted by Crippen LogP contribution is -2.37. The Morgan fingerprint density at radius 2 is 2.00 bits per heavy atom. The van der Waals surface area contributed by atoms with E-state index in [2.05, 4.69) is 25.5 Å². The Bertz CT molecular complexity index is 710. The fourth-order valence-corrected chi connectivity index (χ4v) is 3.56. The topological polar surface area (TPSA) is 82.6 Å². The quantitative estimate of drug-likeness (QED) is 0.641. The molecular formula is C19H29F3N6O2. The SMILES string of the molecule is CN1CCC(Nc2ncc(C(F)(F)F)c(NCCCN3CCOCCC3=O)n2)CC1. The molecule has 1 aromatic rings. The third kappa shape index (κ3) is 6.43. The Labute approximate surface area is 174 Å². The molecule has 0 atom stereocenters. The molecule has 0 unspecified atom stereocenters. The Morgan fingerprint density at radius 3 is 2.73 bits per heavy atom. The van der Waals surface area contributed by atoms with E-state index in [9.17, 15) is 18.0 Å². The first-order chi connectivity index (χ1) is 14.3. The monoisotopic (exact) mass is 430 g/mol. The van der Waals surface area contributed by atoms with E-state index in [1.54, 1.807) is 4.90 Å². The second kappa shape index (κ2) is 10.3. The van der Waals surface area contributed by atoms with Crippen LogP contribution in [-0.2, 0) is 15.7 Å². The number of carbonyl (C=O) groups is 1. The molecule has 2 saturated heterocycles. The van der Waals surface area contributed by atoms with Crippen molar-refractivity contribution in [2.75, 3.05) is 63.6 Å². The number of amides is 1. The number of ether oxygens (including phenoxy) is 1. The van der Waals surface area contributed by atoms with Crippen molar-refractivity contribution in [1.82, 2.24) is 19.8 Å². The number of nitrogens with zero attached hydrogens (tertiary/aromatic N) is 4. The van der Waals surface area contributed by atoms with Crippen LogP contribution in [0.1, 0.15) is 31.2 Å². The molecule has 1 amide bonds. The smallest absolute Gasteiger partial charge is 0.379 e. The number of hydrogen-bond acceptors (Lipinski definition) is 7. The molecule has 0 spiro atoms. The Hall–Kier alpha value is -2.14. The number of likely N-dealkylation sites (tertiary alicyclic amines) is 1. The van der Waals surface area contributed by atoms with Crippen molar-refractivity contribution >= 4 is 17.7 Å². The first-order valence-corrected chi connectivity index (χ1v) is 10.3. The van der Waals surface area contributed by atoms with Crippen molar-refractivity contribution in [3.63, 3.8) is 0 Å². The molecule has 8 nitrogen and oxygen atoms in total. The van der Waals surface area contributed by atoms with Crippen molar-refractivity contribution in [3.8, 4) is 0 Å². The largest absolute Gasteiger partial charge is 0.421 e. The number of rotatable bonds is 7. The summed E-state index contributed by atoms with van der Waals surface area (Å²) in [5.41, 5.74) is -0.893. The van der Waals surface area contributed by atoms with Crippen LogP contribution in [-0.4, -0.2) is 84.7 Å². The van der Waals surface area contributed by atoms with Crippen molar-refractivity contribution < 1.29 is 22.7 Å². The summed E-state index contributed by atoms with van der Waals surface area (Å²) < 4.78 is 45.4.